The first-order valence-electron chi connectivity index (χ1n) is 8.23. The molecule has 26 heavy (non-hydrogen) atoms. The van der Waals surface area contributed by atoms with Crippen molar-refractivity contribution in [2.45, 2.75) is 37.5 Å². The number of hydrogen-bond donors (Lipinski definition) is 1. The van der Waals surface area contributed by atoms with Crippen LogP contribution in [0.4, 0.5) is 23.7 Å². The van der Waals surface area contributed by atoms with Crippen LogP contribution in [-0.4, -0.2) is 22.0 Å². The number of urea groups is 1. The van der Waals surface area contributed by atoms with E-state index in [1.165, 1.54) is 6.07 Å². The summed E-state index contributed by atoms with van der Waals surface area (Å²) < 4.78 is 38.4. The number of alkyl halides is 3. The lowest BCUT2D eigenvalue weighted by Crippen LogP contribution is -2.44. The number of aromatic nitrogens is 1. The maximum atomic E-state index is 12.8. The SMILES string of the molecule is O=C(Nc1ccc(C(F)(F)F)c(Cl)c1)N1[C@H]2CC[C@@H]1c1ccncc1C2. The second kappa shape index (κ2) is 6.16. The van der Waals surface area contributed by atoms with Gasteiger partial charge in [0.05, 0.1) is 16.6 Å². The van der Waals surface area contributed by atoms with Crippen molar-refractivity contribution in [3.05, 3.63) is 58.4 Å². The molecule has 0 unspecified atom stereocenters. The largest absolute Gasteiger partial charge is 0.417 e. The molecular formula is C18H15ClF3N3O. The molecule has 3 heterocycles. The van der Waals surface area contributed by atoms with Crippen LogP contribution in [-0.2, 0) is 12.6 Å². The van der Waals surface area contributed by atoms with Gasteiger partial charge in [-0.3, -0.25) is 4.98 Å². The minimum absolute atomic E-state index is 0.0309. The highest BCUT2D eigenvalue weighted by Gasteiger charge is 2.42. The lowest BCUT2D eigenvalue weighted by atomic mass is 9.95. The minimum atomic E-state index is -4.52. The van der Waals surface area contributed by atoms with Crippen molar-refractivity contribution in [1.29, 1.82) is 0 Å². The van der Waals surface area contributed by atoms with Crippen molar-refractivity contribution in [3.63, 3.8) is 0 Å². The van der Waals surface area contributed by atoms with E-state index in [0.29, 0.717) is 0 Å². The highest BCUT2D eigenvalue weighted by Crippen LogP contribution is 2.43. The van der Waals surface area contributed by atoms with Crippen molar-refractivity contribution in [2.75, 3.05) is 5.32 Å². The Hall–Kier alpha value is -2.28. The maximum absolute atomic E-state index is 12.8. The Morgan fingerprint density at radius 3 is 2.81 bits per heavy atom. The number of carbonyl (C=O) groups excluding carboxylic acids is 1. The first-order valence-corrected chi connectivity index (χ1v) is 8.61. The molecule has 2 amide bonds. The molecule has 1 N–H and O–H groups in total. The number of anilines is 1. The molecular weight excluding hydrogens is 367 g/mol. The van der Waals surface area contributed by atoms with E-state index in [4.69, 9.17) is 11.6 Å². The number of amides is 2. The van der Waals surface area contributed by atoms with E-state index in [-0.39, 0.29) is 23.8 Å². The first kappa shape index (κ1) is 17.1. The van der Waals surface area contributed by atoms with E-state index >= 15 is 0 Å². The molecule has 4 rings (SSSR count). The Labute approximate surface area is 153 Å². The number of fused-ring (bicyclic) bond motifs is 4. The Bertz CT molecular complexity index is 871. The third-order valence-corrected chi connectivity index (χ3v) is 5.33. The van der Waals surface area contributed by atoms with Crippen molar-refractivity contribution in [2.24, 2.45) is 0 Å². The van der Waals surface area contributed by atoms with Gasteiger partial charge in [-0.25, -0.2) is 4.79 Å². The summed E-state index contributed by atoms with van der Waals surface area (Å²) in [7, 11) is 0. The van der Waals surface area contributed by atoms with E-state index in [1.54, 1.807) is 11.1 Å². The highest BCUT2D eigenvalue weighted by atomic mass is 35.5. The van der Waals surface area contributed by atoms with Gasteiger partial charge < -0.3 is 10.2 Å². The van der Waals surface area contributed by atoms with Crippen molar-refractivity contribution >= 4 is 23.3 Å². The van der Waals surface area contributed by atoms with Crippen LogP contribution in [0, 0.1) is 0 Å². The second-order valence-electron chi connectivity index (χ2n) is 6.56. The van der Waals surface area contributed by atoms with Crippen LogP contribution < -0.4 is 5.32 Å². The molecule has 136 valence electrons. The lowest BCUT2D eigenvalue weighted by molar-refractivity contribution is -0.137. The summed E-state index contributed by atoms with van der Waals surface area (Å²) in [4.78, 5) is 18.7. The zero-order valence-corrected chi connectivity index (χ0v) is 14.3. The predicted molar refractivity (Wildman–Crippen MR) is 91.0 cm³/mol. The fourth-order valence-corrected chi connectivity index (χ4v) is 4.18. The van der Waals surface area contributed by atoms with E-state index in [9.17, 15) is 18.0 Å². The molecule has 1 aromatic carbocycles. The molecule has 2 aliphatic rings. The monoisotopic (exact) mass is 381 g/mol. The summed E-state index contributed by atoms with van der Waals surface area (Å²) in [6.45, 7) is 0. The molecule has 2 bridgehead atoms. The van der Waals surface area contributed by atoms with Gasteiger partial charge >= 0.3 is 12.2 Å². The van der Waals surface area contributed by atoms with Crippen molar-refractivity contribution < 1.29 is 18.0 Å². The fraction of sp³-hybridized carbons (Fsp3) is 0.333. The molecule has 0 radical (unpaired) electrons. The van der Waals surface area contributed by atoms with Gasteiger partial charge in [0, 0.05) is 24.1 Å². The molecule has 0 spiro atoms. The van der Waals surface area contributed by atoms with Gasteiger partial charge in [0.1, 0.15) is 0 Å². The molecule has 4 nitrogen and oxygen atoms in total. The van der Waals surface area contributed by atoms with Crippen LogP contribution in [0.15, 0.2) is 36.7 Å². The van der Waals surface area contributed by atoms with Gasteiger partial charge in [-0.15, -0.1) is 0 Å². The topological polar surface area (TPSA) is 45.2 Å². The average molecular weight is 382 g/mol. The van der Waals surface area contributed by atoms with Crippen LogP contribution in [0.2, 0.25) is 5.02 Å². The van der Waals surface area contributed by atoms with Gasteiger partial charge in [-0.1, -0.05) is 11.6 Å². The number of nitrogens with one attached hydrogen (secondary N) is 1. The minimum Gasteiger partial charge on any atom is -0.314 e. The lowest BCUT2D eigenvalue weighted by Gasteiger charge is -2.36. The Morgan fingerprint density at radius 1 is 1.27 bits per heavy atom. The van der Waals surface area contributed by atoms with Crippen LogP contribution in [0.5, 0.6) is 0 Å². The van der Waals surface area contributed by atoms with Crippen molar-refractivity contribution in [3.8, 4) is 0 Å². The van der Waals surface area contributed by atoms with Crippen LogP contribution in [0.1, 0.15) is 35.6 Å². The van der Waals surface area contributed by atoms with Gasteiger partial charge in [-0.05, 0) is 54.7 Å². The van der Waals surface area contributed by atoms with Gasteiger partial charge in [0.25, 0.3) is 0 Å². The Kier molecular flexibility index (Phi) is 4.06. The van der Waals surface area contributed by atoms with Gasteiger partial charge in [0.15, 0.2) is 0 Å². The van der Waals surface area contributed by atoms with E-state index in [2.05, 4.69) is 10.3 Å². The first-order chi connectivity index (χ1) is 12.3. The third-order valence-electron chi connectivity index (χ3n) is 5.02. The number of benzene rings is 1. The smallest absolute Gasteiger partial charge is 0.314 e. The molecule has 1 aromatic heterocycles. The van der Waals surface area contributed by atoms with E-state index < -0.39 is 16.8 Å². The van der Waals surface area contributed by atoms with Crippen molar-refractivity contribution in [1.82, 2.24) is 9.88 Å². The average Bonchev–Trinajstić information content (AvgIpc) is 2.89. The molecule has 1 fully saturated rings. The standard InChI is InChI=1S/C18H15ClF3N3O/c19-15-8-11(1-3-14(15)18(20,21)22)24-17(26)25-12-2-4-16(25)13-5-6-23-9-10(13)7-12/h1,3,5-6,8-9,12,16H,2,4,7H2,(H,24,26)/t12-,16+/m0/s1. The van der Waals surface area contributed by atoms with E-state index in [1.807, 2.05) is 12.3 Å². The van der Waals surface area contributed by atoms with Crippen LogP contribution in [0.3, 0.4) is 0 Å². The molecule has 2 aliphatic heterocycles. The van der Waals surface area contributed by atoms with Crippen LogP contribution in [0.25, 0.3) is 0 Å². The van der Waals surface area contributed by atoms with E-state index in [0.717, 1.165) is 42.5 Å². The summed E-state index contributed by atoms with van der Waals surface area (Å²) in [5.74, 6) is 0. The normalized spacial score (nSPS) is 21.5. The second-order valence-corrected chi connectivity index (χ2v) is 6.96. The summed E-state index contributed by atoms with van der Waals surface area (Å²) in [6, 6.07) is 4.87. The molecule has 0 saturated carbocycles. The molecule has 2 aromatic rings. The number of nitrogens with zero attached hydrogens (tertiary/aromatic N) is 2. The number of hydrogen-bond acceptors (Lipinski definition) is 2. The predicted octanol–water partition coefficient (Wildman–Crippen LogP) is 5.05. The van der Waals surface area contributed by atoms with Gasteiger partial charge in [-0.2, -0.15) is 13.2 Å². The molecule has 8 heteroatoms. The third kappa shape index (κ3) is 2.90. The summed E-state index contributed by atoms with van der Waals surface area (Å²) in [6.07, 6.45) is 1.52. The number of carbonyl (C=O) groups is 1. The maximum Gasteiger partial charge on any atom is 0.417 e. The zero-order chi connectivity index (χ0) is 18.5. The quantitative estimate of drug-likeness (QED) is 0.751. The number of halogens is 4. The Balaban J connectivity index is 1.56. The number of pyridine rings is 1. The number of rotatable bonds is 1. The highest BCUT2D eigenvalue weighted by molar-refractivity contribution is 6.31. The molecule has 1 saturated heterocycles. The van der Waals surface area contributed by atoms with Gasteiger partial charge in [0.2, 0.25) is 0 Å². The molecule has 0 aliphatic carbocycles. The zero-order valence-electron chi connectivity index (χ0n) is 13.6. The Morgan fingerprint density at radius 2 is 2.08 bits per heavy atom. The summed E-state index contributed by atoms with van der Waals surface area (Å²) in [5, 5.41) is 2.25. The fourth-order valence-electron chi connectivity index (χ4n) is 3.89. The van der Waals surface area contributed by atoms with Crippen LogP contribution >= 0.6 is 11.6 Å². The molecule has 2 atom stereocenters. The summed E-state index contributed by atoms with van der Waals surface area (Å²) >= 11 is 5.73. The summed E-state index contributed by atoms with van der Waals surface area (Å²) in [5.41, 5.74) is 1.57.